The van der Waals surface area contributed by atoms with Crippen molar-refractivity contribution in [3.8, 4) is 0 Å². The summed E-state index contributed by atoms with van der Waals surface area (Å²) in [6.45, 7) is 8.03. The van der Waals surface area contributed by atoms with Gasteiger partial charge in [-0.3, -0.25) is 14.5 Å². The monoisotopic (exact) mass is 716 g/mol. The number of carbonyl (C=O) groups is 2. The van der Waals surface area contributed by atoms with Crippen LogP contribution < -0.4 is 5.73 Å². The van der Waals surface area contributed by atoms with Crippen LogP contribution in [0.2, 0.25) is 0 Å². The van der Waals surface area contributed by atoms with E-state index in [1.165, 1.54) is 11.3 Å². The maximum atomic E-state index is 16.0. The summed E-state index contributed by atoms with van der Waals surface area (Å²) >= 11 is 1.54. The number of hydrogen-bond donors (Lipinski definition) is 1. The van der Waals surface area contributed by atoms with Gasteiger partial charge in [0, 0.05) is 63.7 Å². The number of nitrogens with two attached hydrogens (primary N) is 1. The van der Waals surface area contributed by atoms with E-state index in [1.807, 2.05) is 28.5 Å². The number of methoxy groups -OCH3 is 2. The van der Waals surface area contributed by atoms with Crippen molar-refractivity contribution in [3.63, 3.8) is 0 Å². The van der Waals surface area contributed by atoms with Gasteiger partial charge in [0.25, 0.3) is 5.91 Å². The Kier molecular flexibility index (Phi) is 13.8. The minimum Gasteiger partial charge on any atom is -0.374 e. The van der Waals surface area contributed by atoms with Gasteiger partial charge in [0.15, 0.2) is 6.29 Å². The molecule has 1 aliphatic carbocycles. The van der Waals surface area contributed by atoms with E-state index in [0.717, 1.165) is 69.5 Å². The maximum absolute atomic E-state index is 16.0. The van der Waals surface area contributed by atoms with Gasteiger partial charge in [0.2, 0.25) is 5.91 Å². The zero-order valence-corrected chi connectivity index (χ0v) is 31.2. The molecular weight excluding hydrogens is 660 g/mol. The van der Waals surface area contributed by atoms with Gasteiger partial charge in [-0.15, -0.1) is 11.3 Å². The Morgan fingerprint density at radius 3 is 2.44 bits per heavy atom. The summed E-state index contributed by atoms with van der Waals surface area (Å²) in [5, 5.41) is 2.84. The number of rotatable bonds is 15. The molecule has 0 bridgehead atoms. The number of ether oxygens (including phenoxy) is 4. The molecule has 0 radical (unpaired) electrons. The van der Waals surface area contributed by atoms with Crippen LogP contribution in [-0.2, 0) is 36.7 Å². The lowest BCUT2D eigenvalue weighted by Gasteiger charge is -2.47. The number of piperidine rings is 1. The molecule has 3 fully saturated rings. The third kappa shape index (κ3) is 9.68. The normalized spacial score (nSPS) is 20.3. The number of benzene rings is 1. The van der Waals surface area contributed by atoms with Gasteiger partial charge in [-0.25, -0.2) is 9.37 Å². The van der Waals surface area contributed by atoms with E-state index >= 15 is 4.39 Å². The Hall–Kier alpha value is -2.48. The van der Waals surface area contributed by atoms with Gasteiger partial charge >= 0.3 is 0 Å². The number of aromatic nitrogens is 1. The lowest BCUT2D eigenvalue weighted by molar-refractivity contribution is -0.181. The molecule has 1 unspecified atom stereocenters. The highest BCUT2D eigenvalue weighted by molar-refractivity contribution is 7.09. The molecule has 5 rings (SSSR count). The summed E-state index contributed by atoms with van der Waals surface area (Å²) in [5.74, 6) is -0.242. The van der Waals surface area contributed by atoms with E-state index in [0.29, 0.717) is 61.8 Å². The Morgan fingerprint density at radius 1 is 1.10 bits per heavy atom. The molecule has 12 heteroatoms. The summed E-state index contributed by atoms with van der Waals surface area (Å²) < 4.78 is 40.1. The fourth-order valence-electron chi connectivity index (χ4n) is 8.06. The number of likely N-dealkylation sites (tertiary alicyclic amines) is 1. The fraction of sp³-hybridized carbons (Fsp3) is 0.711. The van der Waals surface area contributed by atoms with Crippen molar-refractivity contribution in [1.82, 2.24) is 14.8 Å². The molecule has 1 aromatic carbocycles. The number of halogens is 1. The van der Waals surface area contributed by atoms with Crippen molar-refractivity contribution in [2.75, 3.05) is 53.6 Å². The molecule has 2 N–H and O–H groups in total. The van der Waals surface area contributed by atoms with Crippen LogP contribution in [0.4, 0.5) is 4.39 Å². The van der Waals surface area contributed by atoms with E-state index in [9.17, 15) is 9.59 Å². The zero-order valence-electron chi connectivity index (χ0n) is 30.4. The smallest absolute Gasteiger partial charge is 0.273 e. The molecule has 1 aromatic heterocycles. The van der Waals surface area contributed by atoms with Crippen LogP contribution in [0.1, 0.15) is 111 Å². The second kappa shape index (κ2) is 17.8. The number of nitrogens with zero attached hydrogens (tertiary/aromatic N) is 3. The van der Waals surface area contributed by atoms with Crippen molar-refractivity contribution in [2.24, 2.45) is 11.7 Å². The van der Waals surface area contributed by atoms with E-state index < -0.39 is 23.4 Å². The van der Waals surface area contributed by atoms with Crippen LogP contribution in [0.3, 0.4) is 0 Å². The molecular formula is C38H57FN4O6S. The average Bonchev–Trinajstić information content (AvgIpc) is 3.45. The van der Waals surface area contributed by atoms with Crippen LogP contribution in [-0.4, -0.2) is 97.7 Å². The SMILES string of the molecule is COC(CC(CC(N)=O)(OCCc1cccc(CN2CCC3(CC2)CN(C(=O)c2csc(C(C)C)n2)CCO3)c1F)C1CCCCCC1)OC. The first-order valence-electron chi connectivity index (χ1n) is 18.4. The van der Waals surface area contributed by atoms with Crippen LogP contribution in [0.15, 0.2) is 23.6 Å². The van der Waals surface area contributed by atoms with Crippen molar-refractivity contribution < 1.29 is 32.9 Å². The lowest BCUT2D eigenvalue weighted by Crippen LogP contribution is -2.58. The molecule has 50 heavy (non-hydrogen) atoms. The fourth-order valence-corrected chi connectivity index (χ4v) is 8.87. The van der Waals surface area contributed by atoms with Crippen molar-refractivity contribution in [2.45, 2.75) is 114 Å². The third-order valence-corrected chi connectivity index (χ3v) is 12.1. The van der Waals surface area contributed by atoms with Crippen LogP contribution in [0.25, 0.3) is 0 Å². The van der Waals surface area contributed by atoms with E-state index in [4.69, 9.17) is 24.7 Å². The molecule has 2 saturated heterocycles. The van der Waals surface area contributed by atoms with Crippen LogP contribution >= 0.6 is 11.3 Å². The highest BCUT2D eigenvalue weighted by Gasteiger charge is 2.44. The van der Waals surface area contributed by atoms with Crippen molar-refractivity contribution in [3.05, 3.63) is 51.2 Å². The first kappa shape index (κ1) is 38.7. The molecule has 278 valence electrons. The second-order valence-electron chi connectivity index (χ2n) is 14.8. The summed E-state index contributed by atoms with van der Waals surface area (Å²) in [5.41, 5.74) is 6.33. The van der Waals surface area contributed by atoms with Gasteiger partial charge in [-0.1, -0.05) is 57.7 Å². The van der Waals surface area contributed by atoms with Gasteiger partial charge in [0.1, 0.15) is 11.5 Å². The van der Waals surface area contributed by atoms with Crippen LogP contribution in [0, 0.1) is 11.7 Å². The number of carbonyl (C=O) groups excluding carboxylic acids is 2. The Bertz CT molecular complexity index is 1400. The van der Waals surface area contributed by atoms with Crippen molar-refractivity contribution in [1.29, 1.82) is 0 Å². The molecule has 1 atom stereocenters. The van der Waals surface area contributed by atoms with Gasteiger partial charge in [-0.2, -0.15) is 0 Å². The number of morpholine rings is 1. The number of amides is 2. The molecule has 1 saturated carbocycles. The highest BCUT2D eigenvalue weighted by atomic mass is 32.1. The van der Waals surface area contributed by atoms with Crippen LogP contribution in [0.5, 0.6) is 0 Å². The first-order valence-corrected chi connectivity index (χ1v) is 19.3. The topological polar surface area (TPSA) is 116 Å². The minimum atomic E-state index is -0.844. The quantitative estimate of drug-likeness (QED) is 0.175. The van der Waals surface area contributed by atoms with Crippen molar-refractivity contribution >= 4 is 23.2 Å². The Balaban J connectivity index is 1.19. The molecule has 10 nitrogen and oxygen atoms in total. The van der Waals surface area contributed by atoms with E-state index in [2.05, 4.69) is 23.7 Å². The third-order valence-electron chi connectivity index (χ3n) is 11.0. The Labute approximate surface area is 301 Å². The molecule has 3 aliphatic rings. The molecule has 2 aromatic rings. The number of hydrogen-bond acceptors (Lipinski definition) is 9. The summed E-state index contributed by atoms with van der Waals surface area (Å²) in [4.78, 5) is 34.5. The first-order chi connectivity index (χ1) is 24.1. The minimum absolute atomic E-state index is 0.0283. The second-order valence-corrected chi connectivity index (χ2v) is 15.6. The summed E-state index contributed by atoms with van der Waals surface area (Å²) in [6.07, 6.45) is 8.17. The predicted octanol–water partition coefficient (Wildman–Crippen LogP) is 6.07. The summed E-state index contributed by atoms with van der Waals surface area (Å²) in [7, 11) is 3.17. The maximum Gasteiger partial charge on any atom is 0.273 e. The lowest BCUT2D eigenvalue weighted by atomic mass is 9.76. The molecule has 1 spiro atoms. The highest BCUT2D eigenvalue weighted by Crippen LogP contribution is 2.41. The standard InChI is InChI=1S/C38H57FN4O6S/c1-27(2)35-41-31(25-50-35)36(45)43-19-21-48-37(26-43)15-17-42(18-16-37)24-29-11-9-10-28(34(29)39)14-20-49-38(22-32(40)44,23-33(46-3)47-4)30-12-7-5-6-8-13-30/h9-11,25,27,30,33H,5-8,12-24,26H2,1-4H3,(H2,40,44). The molecule has 2 amide bonds. The van der Waals surface area contributed by atoms with Gasteiger partial charge < -0.3 is 29.6 Å². The molecule has 3 heterocycles. The Morgan fingerprint density at radius 2 is 1.80 bits per heavy atom. The van der Waals surface area contributed by atoms with Gasteiger partial charge in [0.05, 0.1) is 42.4 Å². The van der Waals surface area contributed by atoms with Gasteiger partial charge in [-0.05, 0) is 43.6 Å². The predicted molar refractivity (Wildman–Crippen MR) is 192 cm³/mol. The number of thiazole rings is 1. The summed E-state index contributed by atoms with van der Waals surface area (Å²) in [6, 6.07) is 5.57. The van der Waals surface area contributed by atoms with E-state index in [1.54, 1.807) is 14.2 Å². The average molecular weight is 717 g/mol. The zero-order chi connectivity index (χ0) is 35.7. The molecule has 2 aliphatic heterocycles. The number of primary amides is 1. The van der Waals surface area contributed by atoms with E-state index in [-0.39, 0.29) is 30.7 Å². The largest absolute Gasteiger partial charge is 0.374 e.